The number of amidine groups is 1. The first-order valence-corrected chi connectivity index (χ1v) is 10.6. The predicted molar refractivity (Wildman–Crippen MR) is 121 cm³/mol. The van der Waals surface area contributed by atoms with Gasteiger partial charge in [0.1, 0.15) is 5.70 Å². The van der Waals surface area contributed by atoms with Crippen molar-refractivity contribution in [2.24, 2.45) is 4.99 Å². The highest BCUT2D eigenvalue weighted by Crippen LogP contribution is 2.29. The second kappa shape index (κ2) is 9.11. The molecule has 0 aromatic heterocycles. The number of nitrogens with zero attached hydrogens (tertiary/aromatic N) is 3. The molecule has 0 bridgehead atoms. The van der Waals surface area contributed by atoms with E-state index in [1.165, 1.54) is 17.4 Å². The topological polar surface area (TPSA) is 45.1 Å². The van der Waals surface area contributed by atoms with Gasteiger partial charge in [-0.15, -0.1) is 6.58 Å². The minimum Gasteiger partial charge on any atom is -0.378 e. The molecule has 0 unspecified atom stereocenters. The van der Waals surface area contributed by atoms with E-state index in [1.54, 1.807) is 4.90 Å². The number of aliphatic imine (C=N–C) groups is 1. The molecule has 148 valence electrons. The third-order valence-electron chi connectivity index (χ3n) is 4.75. The molecule has 2 aliphatic rings. The van der Waals surface area contributed by atoms with Gasteiger partial charge in [-0.25, -0.2) is 4.99 Å². The molecule has 0 radical (unpaired) electrons. The first kappa shape index (κ1) is 19.5. The number of thioether (sulfide) groups is 1. The molecular formula is C23H23N3O2S. The molecule has 0 saturated carbocycles. The molecule has 0 atom stereocenters. The smallest absolute Gasteiger partial charge is 0.283 e. The molecular weight excluding hydrogens is 382 g/mol. The largest absolute Gasteiger partial charge is 0.378 e. The van der Waals surface area contributed by atoms with Crippen molar-refractivity contribution >= 4 is 40.3 Å². The molecule has 1 amide bonds. The van der Waals surface area contributed by atoms with Gasteiger partial charge in [0.2, 0.25) is 0 Å². The zero-order chi connectivity index (χ0) is 20.1. The minimum atomic E-state index is -0.111. The molecule has 0 spiro atoms. The Morgan fingerprint density at radius 3 is 2.45 bits per heavy atom. The van der Waals surface area contributed by atoms with Crippen LogP contribution in [0.2, 0.25) is 0 Å². The van der Waals surface area contributed by atoms with Crippen molar-refractivity contribution in [2.75, 3.05) is 41.9 Å². The summed E-state index contributed by atoms with van der Waals surface area (Å²) in [5.41, 5.74) is 3.39. The van der Waals surface area contributed by atoms with E-state index in [0.717, 1.165) is 37.6 Å². The van der Waals surface area contributed by atoms with Crippen molar-refractivity contribution < 1.29 is 9.53 Å². The van der Waals surface area contributed by atoms with Gasteiger partial charge in [-0.2, -0.15) is 0 Å². The van der Waals surface area contributed by atoms with Crippen LogP contribution in [0.4, 0.5) is 11.4 Å². The number of amides is 1. The van der Waals surface area contributed by atoms with Crippen molar-refractivity contribution in [3.05, 3.63) is 78.5 Å². The first-order valence-electron chi connectivity index (χ1n) is 9.62. The summed E-state index contributed by atoms with van der Waals surface area (Å²) >= 11 is 1.50. The Morgan fingerprint density at radius 1 is 1.03 bits per heavy atom. The molecule has 5 nitrogen and oxygen atoms in total. The van der Waals surface area contributed by atoms with E-state index in [2.05, 4.69) is 28.6 Å². The number of carbonyl (C=O) groups is 1. The van der Waals surface area contributed by atoms with Crippen LogP contribution in [-0.4, -0.2) is 43.1 Å². The van der Waals surface area contributed by atoms with Crippen LogP contribution >= 0.6 is 11.8 Å². The monoisotopic (exact) mass is 405 g/mol. The molecule has 0 aliphatic carbocycles. The van der Waals surface area contributed by atoms with Gasteiger partial charge in [0.15, 0.2) is 5.17 Å². The van der Waals surface area contributed by atoms with Crippen LogP contribution in [0.5, 0.6) is 0 Å². The van der Waals surface area contributed by atoms with Crippen LogP contribution < -0.4 is 9.80 Å². The highest BCUT2D eigenvalue weighted by atomic mass is 32.2. The summed E-state index contributed by atoms with van der Waals surface area (Å²) in [5, 5.41) is 0.678. The Morgan fingerprint density at radius 2 is 1.76 bits per heavy atom. The fraction of sp³-hybridized carbons (Fsp3) is 0.217. The number of morpholine rings is 1. The van der Waals surface area contributed by atoms with Gasteiger partial charge in [-0.1, -0.05) is 48.2 Å². The Hall–Kier alpha value is -2.83. The molecule has 2 aromatic carbocycles. The van der Waals surface area contributed by atoms with E-state index in [-0.39, 0.29) is 5.91 Å². The van der Waals surface area contributed by atoms with Gasteiger partial charge in [-0.05, 0) is 35.9 Å². The number of ether oxygens (including phenoxy) is 1. The molecule has 29 heavy (non-hydrogen) atoms. The minimum absolute atomic E-state index is 0.111. The van der Waals surface area contributed by atoms with Crippen molar-refractivity contribution in [3.63, 3.8) is 0 Å². The summed E-state index contributed by atoms with van der Waals surface area (Å²) in [6.07, 6.45) is 3.66. The second-order valence-corrected chi connectivity index (χ2v) is 7.68. The maximum absolute atomic E-state index is 13.1. The lowest BCUT2D eigenvalue weighted by molar-refractivity contribution is -0.113. The standard InChI is InChI=1S/C23H23N3O2S/c1-2-16-29-23-24-21(22(27)26(23)20-6-4-3-5-7-20)17-18-8-10-19(11-9-18)25-12-14-28-15-13-25/h2-11,17H,1,12-16H2/b21-17+. The number of para-hydroxylation sites is 1. The normalized spacial score (nSPS) is 18.3. The summed E-state index contributed by atoms with van der Waals surface area (Å²) in [4.78, 5) is 21.7. The Labute approximate surface area is 175 Å². The SMILES string of the molecule is C=CCSC1=N/C(=C/c2ccc(N3CCOCC3)cc2)C(=O)N1c1ccccc1. The Balaban J connectivity index is 1.58. The maximum Gasteiger partial charge on any atom is 0.283 e. The van der Waals surface area contributed by atoms with Crippen LogP contribution in [0.1, 0.15) is 5.56 Å². The summed E-state index contributed by atoms with van der Waals surface area (Å²) in [5.74, 6) is 0.580. The summed E-state index contributed by atoms with van der Waals surface area (Å²) in [7, 11) is 0. The number of benzene rings is 2. The van der Waals surface area contributed by atoms with Crippen molar-refractivity contribution in [1.29, 1.82) is 0 Å². The van der Waals surface area contributed by atoms with Gasteiger partial charge in [0, 0.05) is 24.5 Å². The summed E-state index contributed by atoms with van der Waals surface area (Å²) in [6, 6.07) is 17.8. The van der Waals surface area contributed by atoms with E-state index in [1.807, 2.05) is 54.6 Å². The Bertz CT molecular complexity index is 932. The van der Waals surface area contributed by atoms with Gasteiger partial charge in [0.25, 0.3) is 5.91 Å². The Kier molecular flexibility index (Phi) is 6.12. The maximum atomic E-state index is 13.1. The predicted octanol–water partition coefficient (Wildman–Crippen LogP) is 4.19. The highest BCUT2D eigenvalue weighted by molar-refractivity contribution is 8.14. The highest BCUT2D eigenvalue weighted by Gasteiger charge is 2.31. The van der Waals surface area contributed by atoms with E-state index in [0.29, 0.717) is 16.6 Å². The third-order valence-corrected chi connectivity index (χ3v) is 5.68. The van der Waals surface area contributed by atoms with Crippen molar-refractivity contribution in [2.45, 2.75) is 0 Å². The molecule has 6 heteroatoms. The molecule has 1 saturated heterocycles. The average molecular weight is 406 g/mol. The van der Waals surface area contributed by atoms with Gasteiger partial charge in [0.05, 0.1) is 18.9 Å². The number of carbonyl (C=O) groups excluding carboxylic acids is 1. The van der Waals surface area contributed by atoms with Crippen LogP contribution in [0, 0.1) is 0 Å². The van der Waals surface area contributed by atoms with E-state index < -0.39 is 0 Å². The zero-order valence-corrected chi connectivity index (χ0v) is 17.0. The zero-order valence-electron chi connectivity index (χ0n) is 16.2. The number of hydrogen-bond donors (Lipinski definition) is 0. The molecule has 2 aromatic rings. The quantitative estimate of drug-likeness (QED) is 0.553. The van der Waals surface area contributed by atoms with Crippen LogP contribution in [0.15, 0.2) is 77.9 Å². The number of anilines is 2. The molecule has 2 aliphatic heterocycles. The molecule has 0 N–H and O–H groups in total. The summed E-state index contributed by atoms with van der Waals surface area (Å²) < 4.78 is 5.41. The van der Waals surface area contributed by atoms with Crippen molar-refractivity contribution in [1.82, 2.24) is 0 Å². The molecule has 4 rings (SSSR count). The van der Waals surface area contributed by atoms with Gasteiger partial charge >= 0.3 is 0 Å². The number of rotatable bonds is 5. The molecule has 2 heterocycles. The second-order valence-electron chi connectivity index (χ2n) is 6.69. The third kappa shape index (κ3) is 4.44. The van der Waals surface area contributed by atoms with Crippen LogP contribution in [0.3, 0.4) is 0 Å². The fourth-order valence-corrected chi connectivity index (χ4v) is 4.04. The number of hydrogen-bond acceptors (Lipinski definition) is 5. The van der Waals surface area contributed by atoms with Gasteiger partial charge in [-0.3, -0.25) is 9.69 Å². The summed E-state index contributed by atoms with van der Waals surface area (Å²) in [6.45, 7) is 7.09. The van der Waals surface area contributed by atoms with Crippen LogP contribution in [0.25, 0.3) is 6.08 Å². The van der Waals surface area contributed by atoms with E-state index in [4.69, 9.17) is 4.74 Å². The van der Waals surface area contributed by atoms with E-state index in [9.17, 15) is 4.79 Å². The fourth-order valence-electron chi connectivity index (χ4n) is 3.29. The first-order chi connectivity index (χ1) is 14.3. The average Bonchev–Trinajstić information content (AvgIpc) is 3.09. The van der Waals surface area contributed by atoms with E-state index >= 15 is 0 Å². The lowest BCUT2D eigenvalue weighted by Crippen LogP contribution is -2.36. The van der Waals surface area contributed by atoms with Crippen LogP contribution in [-0.2, 0) is 9.53 Å². The lowest BCUT2D eigenvalue weighted by Gasteiger charge is -2.28. The van der Waals surface area contributed by atoms with Gasteiger partial charge < -0.3 is 9.64 Å². The molecule has 1 fully saturated rings. The van der Waals surface area contributed by atoms with Crippen molar-refractivity contribution in [3.8, 4) is 0 Å². The lowest BCUT2D eigenvalue weighted by atomic mass is 10.1.